The number of alkyl halides is 1. The van der Waals surface area contributed by atoms with Crippen LogP contribution in [0.5, 0.6) is 0 Å². The summed E-state index contributed by atoms with van der Waals surface area (Å²) in [5.74, 6) is 0.242. The minimum atomic E-state index is -1.23. The predicted molar refractivity (Wildman–Crippen MR) is 52.3 cm³/mol. The first-order valence-electron chi connectivity index (χ1n) is 5.35. The van der Waals surface area contributed by atoms with Gasteiger partial charge in [-0.05, 0) is 32.6 Å². The molecule has 0 heterocycles. The molecule has 0 aromatic carbocycles. The van der Waals surface area contributed by atoms with Crippen LogP contribution < -0.4 is 0 Å². The standard InChI is InChI=1S/C11H21FO/c1-11(2,12)10(8-13)9-6-4-3-5-7-9/h9-10,13H,3-8H2,1-2H3. The van der Waals surface area contributed by atoms with Gasteiger partial charge < -0.3 is 5.11 Å². The molecule has 1 aliphatic carbocycles. The molecule has 0 saturated heterocycles. The maximum atomic E-state index is 13.7. The molecule has 0 amide bonds. The molecule has 1 nitrogen and oxygen atoms in total. The van der Waals surface area contributed by atoms with Gasteiger partial charge in [0.2, 0.25) is 0 Å². The number of hydrogen-bond acceptors (Lipinski definition) is 1. The lowest BCUT2D eigenvalue weighted by Gasteiger charge is -2.35. The van der Waals surface area contributed by atoms with E-state index in [1.165, 1.54) is 19.3 Å². The van der Waals surface area contributed by atoms with Crippen molar-refractivity contribution in [3.63, 3.8) is 0 Å². The fourth-order valence-electron chi connectivity index (χ4n) is 2.46. The molecule has 1 atom stereocenters. The van der Waals surface area contributed by atoms with Gasteiger partial charge >= 0.3 is 0 Å². The summed E-state index contributed by atoms with van der Waals surface area (Å²) in [6.45, 7) is 3.17. The largest absolute Gasteiger partial charge is 0.396 e. The number of aliphatic hydroxyl groups is 1. The number of rotatable bonds is 3. The molecule has 78 valence electrons. The monoisotopic (exact) mass is 188 g/mol. The van der Waals surface area contributed by atoms with Crippen LogP contribution in [0.3, 0.4) is 0 Å². The summed E-state index contributed by atoms with van der Waals surface area (Å²) in [6.07, 6.45) is 5.88. The quantitative estimate of drug-likeness (QED) is 0.722. The first kappa shape index (κ1) is 11.0. The normalized spacial score (nSPS) is 23.1. The van der Waals surface area contributed by atoms with E-state index in [4.69, 9.17) is 0 Å². The molecule has 1 N–H and O–H groups in total. The summed E-state index contributed by atoms with van der Waals surface area (Å²) in [5.41, 5.74) is -1.23. The van der Waals surface area contributed by atoms with Gasteiger partial charge in [0, 0.05) is 12.5 Å². The SMILES string of the molecule is CC(C)(F)C(CO)C1CCCCC1. The maximum absolute atomic E-state index is 13.7. The van der Waals surface area contributed by atoms with Crippen molar-refractivity contribution in [1.82, 2.24) is 0 Å². The van der Waals surface area contributed by atoms with Crippen molar-refractivity contribution < 1.29 is 9.50 Å². The minimum absolute atomic E-state index is 0.00579. The van der Waals surface area contributed by atoms with Gasteiger partial charge in [-0.2, -0.15) is 0 Å². The Hall–Kier alpha value is -0.110. The van der Waals surface area contributed by atoms with Gasteiger partial charge in [0.1, 0.15) is 5.67 Å². The average molecular weight is 188 g/mol. The average Bonchev–Trinajstić information content (AvgIpc) is 2.05. The summed E-state index contributed by atoms with van der Waals surface area (Å²) in [4.78, 5) is 0. The van der Waals surface area contributed by atoms with E-state index in [1.54, 1.807) is 13.8 Å². The van der Waals surface area contributed by atoms with Crippen LogP contribution in [-0.2, 0) is 0 Å². The molecule has 1 rings (SSSR count). The Morgan fingerprint density at radius 1 is 1.31 bits per heavy atom. The van der Waals surface area contributed by atoms with Crippen molar-refractivity contribution in [3.05, 3.63) is 0 Å². The zero-order valence-electron chi connectivity index (χ0n) is 8.72. The summed E-state index contributed by atoms with van der Waals surface area (Å²) in [6, 6.07) is 0. The lowest BCUT2D eigenvalue weighted by Crippen LogP contribution is -2.36. The fourth-order valence-corrected chi connectivity index (χ4v) is 2.46. The fraction of sp³-hybridized carbons (Fsp3) is 1.00. The Balaban J connectivity index is 2.54. The summed E-state index contributed by atoms with van der Waals surface area (Å²) >= 11 is 0. The molecular formula is C11H21FO. The van der Waals surface area contributed by atoms with Crippen LogP contribution in [0.25, 0.3) is 0 Å². The molecule has 0 radical (unpaired) electrons. The Kier molecular flexibility index (Phi) is 3.72. The van der Waals surface area contributed by atoms with E-state index < -0.39 is 5.67 Å². The van der Waals surface area contributed by atoms with Crippen LogP contribution in [0.15, 0.2) is 0 Å². The molecule has 0 bridgehead atoms. The van der Waals surface area contributed by atoms with Crippen molar-refractivity contribution in [2.45, 2.75) is 51.6 Å². The van der Waals surface area contributed by atoms with Crippen molar-refractivity contribution >= 4 is 0 Å². The first-order chi connectivity index (χ1) is 6.05. The second kappa shape index (κ2) is 4.41. The molecule has 2 heteroatoms. The van der Waals surface area contributed by atoms with Crippen molar-refractivity contribution in [2.24, 2.45) is 11.8 Å². The number of hydrogen-bond donors (Lipinski definition) is 1. The molecule has 0 spiro atoms. The van der Waals surface area contributed by atoms with E-state index in [0.29, 0.717) is 5.92 Å². The van der Waals surface area contributed by atoms with E-state index in [2.05, 4.69) is 0 Å². The van der Waals surface area contributed by atoms with Crippen molar-refractivity contribution in [2.75, 3.05) is 6.61 Å². The highest BCUT2D eigenvalue weighted by Crippen LogP contribution is 2.36. The topological polar surface area (TPSA) is 20.2 Å². The van der Waals surface area contributed by atoms with E-state index in [0.717, 1.165) is 12.8 Å². The van der Waals surface area contributed by atoms with Gasteiger partial charge in [-0.15, -0.1) is 0 Å². The molecule has 1 unspecified atom stereocenters. The third-order valence-corrected chi connectivity index (χ3v) is 3.30. The van der Waals surface area contributed by atoms with Crippen LogP contribution >= 0.6 is 0 Å². The summed E-state index contributed by atoms with van der Waals surface area (Å²) < 4.78 is 13.7. The Morgan fingerprint density at radius 3 is 2.23 bits per heavy atom. The molecule has 1 aliphatic rings. The Bertz CT molecular complexity index is 145. The second-order valence-electron chi connectivity index (χ2n) is 4.75. The summed E-state index contributed by atoms with van der Waals surface area (Å²) in [5, 5.41) is 9.17. The highest BCUT2D eigenvalue weighted by Gasteiger charge is 2.35. The van der Waals surface area contributed by atoms with Crippen LogP contribution in [0, 0.1) is 11.8 Å². The zero-order chi connectivity index (χ0) is 9.90. The number of halogens is 1. The molecule has 1 saturated carbocycles. The molecule has 0 aliphatic heterocycles. The lowest BCUT2D eigenvalue weighted by molar-refractivity contribution is 0.0195. The molecule has 0 aromatic rings. The second-order valence-corrected chi connectivity index (χ2v) is 4.75. The van der Waals surface area contributed by atoms with Gasteiger partial charge in [-0.25, -0.2) is 4.39 Å². The van der Waals surface area contributed by atoms with Gasteiger partial charge in [0.25, 0.3) is 0 Å². The van der Waals surface area contributed by atoms with E-state index in [1.807, 2.05) is 0 Å². The van der Waals surface area contributed by atoms with Gasteiger partial charge in [0.15, 0.2) is 0 Å². The van der Waals surface area contributed by atoms with Crippen molar-refractivity contribution in [1.29, 1.82) is 0 Å². The van der Waals surface area contributed by atoms with Gasteiger partial charge in [0.05, 0.1) is 0 Å². The molecule has 1 fully saturated rings. The minimum Gasteiger partial charge on any atom is -0.396 e. The highest BCUT2D eigenvalue weighted by molar-refractivity contribution is 4.84. The zero-order valence-corrected chi connectivity index (χ0v) is 8.72. The van der Waals surface area contributed by atoms with Gasteiger partial charge in [-0.3, -0.25) is 0 Å². The van der Waals surface area contributed by atoms with E-state index in [-0.39, 0.29) is 12.5 Å². The lowest BCUT2D eigenvalue weighted by atomic mass is 9.74. The van der Waals surface area contributed by atoms with Crippen LogP contribution in [0.4, 0.5) is 4.39 Å². The summed E-state index contributed by atoms with van der Waals surface area (Å²) in [7, 11) is 0. The van der Waals surface area contributed by atoms with Crippen LogP contribution in [-0.4, -0.2) is 17.4 Å². The third-order valence-electron chi connectivity index (χ3n) is 3.30. The molecule has 13 heavy (non-hydrogen) atoms. The predicted octanol–water partition coefficient (Wildman–Crippen LogP) is 2.92. The Morgan fingerprint density at radius 2 is 1.85 bits per heavy atom. The Labute approximate surface area is 80.3 Å². The smallest absolute Gasteiger partial charge is 0.110 e. The molecular weight excluding hydrogens is 167 g/mol. The van der Waals surface area contributed by atoms with E-state index >= 15 is 0 Å². The van der Waals surface area contributed by atoms with Crippen molar-refractivity contribution in [3.8, 4) is 0 Å². The highest BCUT2D eigenvalue weighted by atomic mass is 19.1. The molecule has 0 aromatic heterocycles. The van der Waals surface area contributed by atoms with Gasteiger partial charge in [-0.1, -0.05) is 19.3 Å². The van der Waals surface area contributed by atoms with Crippen LogP contribution in [0.2, 0.25) is 0 Å². The third kappa shape index (κ3) is 2.94. The van der Waals surface area contributed by atoms with Crippen LogP contribution in [0.1, 0.15) is 46.0 Å². The number of aliphatic hydroxyl groups excluding tert-OH is 1. The first-order valence-corrected chi connectivity index (χ1v) is 5.35. The maximum Gasteiger partial charge on any atom is 0.110 e. The van der Waals surface area contributed by atoms with E-state index in [9.17, 15) is 9.50 Å².